The Labute approximate surface area is 291 Å². The number of hydrogen-bond acceptors (Lipinski definition) is 11. The van der Waals surface area contributed by atoms with Gasteiger partial charge in [-0.15, -0.1) is 0 Å². The number of ketones is 2. The van der Waals surface area contributed by atoms with Crippen molar-refractivity contribution in [2.24, 2.45) is 22.4 Å². The van der Waals surface area contributed by atoms with Crippen LogP contribution in [0.1, 0.15) is 106 Å². The fourth-order valence-electron chi connectivity index (χ4n) is 5.43. The molecule has 0 aliphatic carbocycles. The Kier molecular flexibility index (Phi) is 25.3. The Balaban J connectivity index is 6.10. The summed E-state index contributed by atoms with van der Waals surface area (Å²) < 4.78 is 0. The number of rotatable bonds is 31. The van der Waals surface area contributed by atoms with Crippen molar-refractivity contribution in [3.63, 3.8) is 0 Å². The summed E-state index contributed by atoms with van der Waals surface area (Å²) in [6, 6.07) is -1.72. The minimum atomic E-state index is -0.867. The number of carbonyl (C=O) groups is 4. The lowest BCUT2D eigenvalue weighted by atomic mass is 9.77. The molecule has 0 aromatic rings. The second-order valence-electron chi connectivity index (χ2n) is 13.1. The molecule has 0 aliphatic rings. The first-order chi connectivity index (χ1) is 22.9. The third kappa shape index (κ3) is 17.9. The molecule has 5 atom stereocenters. The minimum absolute atomic E-state index is 0.0721. The molecule has 2 amide bonds. The van der Waals surface area contributed by atoms with Crippen LogP contribution in [-0.2, 0) is 19.2 Å². The Morgan fingerprint density at radius 3 is 1.83 bits per heavy atom. The van der Waals surface area contributed by atoms with Crippen LogP contribution in [0.4, 0.5) is 0 Å². The van der Waals surface area contributed by atoms with Crippen LogP contribution in [0.15, 0.2) is 4.99 Å². The largest absolute Gasteiger partial charge is 0.355 e. The number of aliphatic imine (C=N–C) groups is 1. The van der Waals surface area contributed by atoms with E-state index in [1.165, 1.54) is 0 Å². The van der Waals surface area contributed by atoms with Gasteiger partial charge in [0.2, 0.25) is 11.8 Å². The average molecular weight is 682 g/mol. The Hall–Kier alpha value is -2.29. The van der Waals surface area contributed by atoms with E-state index in [4.69, 9.17) is 11.5 Å². The van der Waals surface area contributed by atoms with Crippen LogP contribution in [0.3, 0.4) is 0 Å². The van der Waals surface area contributed by atoms with Gasteiger partial charge < -0.3 is 43.4 Å². The number of unbranched alkanes of at least 4 members (excludes halogenated alkanes) is 3. The first-order valence-electron chi connectivity index (χ1n) is 18.4. The van der Waals surface area contributed by atoms with E-state index in [1.807, 2.05) is 41.5 Å². The molecule has 10 N–H and O–H groups in total. The molecular weight excluding hydrogens is 610 g/mol. The molecule has 0 aromatic heterocycles. The van der Waals surface area contributed by atoms with Gasteiger partial charge >= 0.3 is 0 Å². The quantitative estimate of drug-likeness (QED) is 0.0388. The molecule has 0 saturated carbocycles. The summed E-state index contributed by atoms with van der Waals surface area (Å²) in [5.74, 6) is -1.43. The summed E-state index contributed by atoms with van der Waals surface area (Å²) in [4.78, 5) is 58.8. The molecular formula is C35H71N9O4. The van der Waals surface area contributed by atoms with Gasteiger partial charge in [-0.05, 0) is 52.3 Å². The van der Waals surface area contributed by atoms with Gasteiger partial charge in [-0.25, -0.2) is 0 Å². The predicted molar refractivity (Wildman–Crippen MR) is 197 cm³/mol. The lowest BCUT2D eigenvalue weighted by Crippen LogP contribution is -2.63. The van der Waals surface area contributed by atoms with Gasteiger partial charge in [-0.3, -0.25) is 24.2 Å². The molecule has 0 radical (unpaired) electrons. The van der Waals surface area contributed by atoms with Crippen LogP contribution < -0.4 is 43.4 Å². The number of nitrogens with zero attached hydrogens (tertiary/aromatic N) is 1. The van der Waals surface area contributed by atoms with E-state index in [0.29, 0.717) is 78.2 Å². The van der Waals surface area contributed by atoms with Gasteiger partial charge in [0.1, 0.15) is 6.04 Å². The molecule has 0 rings (SSSR count). The number of carbonyl (C=O) groups excluding carboxylic acids is 4. The molecule has 13 heteroatoms. The monoisotopic (exact) mass is 682 g/mol. The van der Waals surface area contributed by atoms with E-state index >= 15 is 0 Å². The summed E-state index contributed by atoms with van der Waals surface area (Å²) in [5, 5.41) is 19.0. The van der Waals surface area contributed by atoms with E-state index in [1.54, 1.807) is 6.21 Å². The van der Waals surface area contributed by atoms with E-state index in [-0.39, 0.29) is 36.2 Å². The van der Waals surface area contributed by atoms with Gasteiger partial charge in [0.15, 0.2) is 11.6 Å². The molecule has 0 spiro atoms. The highest BCUT2D eigenvalue weighted by Crippen LogP contribution is 2.27. The second-order valence-corrected chi connectivity index (χ2v) is 13.1. The fourth-order valence-corrected chi connectivity index (χ4v) is 5.43. The number of Topliss-reactive ketones (excluding diaryl/α,β-unsaturated/α-hetero) is 2. The maximum absolute atomic E-state index is 14.3. The third-order valence-corrected chi connectivity index (χ3v) is 9.19. The first kappa shape index (κ1) is 45.7. The van der Waals surface area contributed by atoms with Crippen molar-refractivity contribution >= 4 is 29.6 Å². The fraction of sp³-hybridized carbons (Fsp3) is 0.857. The zero-order valence-electron chi connectivity index (χ0n) is 31.3. The first-order valence-corrected chi connectivity index (χ1v) is 18.4. The molecule has 0 aliphatic heterocycles. The Morgan fingerprint density at radius 2 is 1.33 bits per heavy atom. The van der Waals surface area contributed by atoms with E-state index in [9.17, 15) is 19.2 Å². The lowest BCUT2D eigenvalue weighted by Gasteiger charge is -2.41. The van der Waals surface area contributed by atoms with Gasteiger partial charge in [0, 0.05) is 70.2 Å². The SMILES string of the molecule is CCC=N[C@H](CC(=O)NCCNCCN)C(=O)C(C)C(C)(CC)N[C@@H](CC(=O)NCCNCCN)C(=O)C(C)(CC)NCCCCCC. The molecule has 3 unspecified atom stereocenters. The third-order valence-electron chi connectivity index (χ3n) is 9.19. The summed E-state index contributed by atoms with van der Waals surface area (Å²) in [7, 11) is 0. The van der Waals surface area contributed by atoms with Crippen molar-refractivity contribution in [3.8, 4) is 0 Å². The van der Waals surface area contributed by atoms with Crippen molar-refractivity contribution in [1.82, 2.24) is 31.9 Å². The summed E-state index contributed by atoms with van der Waals surface area (Å²) in [6.45, 7) is 18.6. The average Bonchev–Trinajstić information content (AvgIpc) is 3.08. The Bertz CT molecular complexity index is 951. The number of hydrogen-bond donors (Lipinski definition) is 8. The highest BCUT2D eigenvalue weighted by Gasteiger charge is 2.44. The molecule has 0 fully saturated rings. The van der Waals surface area contributed by atoms with Crippen molar-refractivity contribution in [2.45, 2.75) is 129 Å². The van der Waals surface area contributed by atoms with Crippen LogP contribution in [0.25, 0.3) is 0 Å². The number of nitrogens with one attached hydrogen (secondary N) is 6. The molecule has 280 valence electrons. The molecule has 13 nitrogen and oxygen atoms in total. The molecule has 0 bridgehead atoms. The molecule has 0 aromatic carbocycles. The van der Waals surface area contributed by atoms with E-state index in [2.05, 4.69) is 43.8 Å². The van der Waals surface area contributed by atoms with E-state index in [0.717, 1.165) is 25.7 Å². The van der Waals surface area contributed by atoms with Crippen LogP contribution in [0.5, 0.6) is 0 Å². The highest BCUT2D eigenvalue weighted by atomic mass is 16.2. The van der Waals surface area contributed by atoms with Crippen molar-refractivity contribution in [3.05, 3.63) is 0 Å². The summed E-state index contributed by atoms with van der Waals surface area (Å²) in [5.41, 5.74) is 9.32. The van der Waals surface area contributed by atoms with E-state index < -0.39 is 29.1 Å². The smallest absolute Gasteiger partial charge is 0.222 e. The van der Waals surface area contributed by atoms with Crippen molar-refractivity contribution in [1.29, 1.82) is 0 Å². The van der Waals surface area contributed by atoms with Gasteiger partial charge in [0.05, 0.1) is 18.0 Å². The van der Waals surface area contributed by atoms with Crippen molar-refractivity contribution < 1.29 is 19.2 Å². The normalized spacial score (nSPS) is 16.1. The van der Waals surface area contributed by atoms with Gasteiger partial charge in [-0.1, -0.05) is 53.9 Å². The van der Waals surface area contributed by atoms with Gasteiger partial charge in [-0.2, -0.15) is 0 Å². The van der Waals surface area contributed by atoms with Crippen LogP contribution in [-0.4, -0.2) is 112 Å². The maximum Gasteiger partial charge on any atom is 0.222 e. The lowest BCUT2D eigenvalue weighted by molar-refractivity contribution is -0.133. The van der Waals surface area contributed by atoms with Crippen LogP contribution in [0, 0.1) is 5.92 Å². The maximum atomic E-state index is 14.3. The minimum Gasteiger partial charge on any atom is -0.355 e. The summed E-state index contributed by atoms with van der Waals surface area (Å²) >= 11 is 0. The zero-order chi connectivity index (χ0) is 36.4. The standard InChI is InChI=1S/C35H71N9O4/c1-8-12-13-14-18-43-35(7,11-4)33(48)29(26-31(46)42-24-22-39-20-16-37)44-34(6,10-3)27(5)32(47)28(40-17-9-2)25-30(45)41-23-21-38-19-15-36/h17,27-29,38-39,43-44H,8-16,18-26,36-37H2,1-7H3,(H,41,45)(H,42,46)/t27?,28-,29+,34?,35?/m1/s1. The number of amides is 2. The Morgan fingerprint density at radius 1 is 0.750 bits per heavy atom. The highest BCUT2D eigenvalue weighted by molar-refractivity contribution is 5.96. The van der Waals surface area contributed by atoms with Crippen LogP contribution in [0.2, 0.25) is 0 Å². The number of nitrogens with two attached hydrogens (primary N) is 2. The molecule has 48 heavy (non-hydrogen) atoms. The molecule has 0 heterocycles. The zero-order valence-corrected chi connectivity index (χ0v) is 31.3. The predicted octanol–water partition coefficient (Wildman–Crippen LogP) is 1.18. The molecule has 0 saturated heterocycles. The van der Waals surface area contributed by atoms with Crippen molar-refractivity contribution in [2.75, 3.05) is 58.9 Å². The second kappa shape index (κ2) is 26.6. The topological polar surface area (TPSA) is 205 Å². The van der Waals surface area contributed by atoms with Crippen LogP contribution >= 0.6 is 0 Å². The van der Waals surface area contributed by atoms with Gasteiger partial charge in [0.25, 0.3) is 0 Å². The summed E-state index contributed by atoms with van der Waals surface area (Å²) in [6.07, 6.45) is 7.50.